The molecule has 4 rings (SSSR count). The molecule has 2 aromatic carbocycles. The zero-order valence-corrected chi connectivity index (χ0v) is 14.0. The van der Waals surface area contributed by atoms with E-state index in [0.717, 1.165) is 35.2 Å². The second kappa shape index (κ2) is 5.96. The number of benzene rings is 2. The minimum absolute atomic E-state index is 0.849. The van der Waals surface area contributed by atoms with Crippen molar-refractivity contribution >= 4 is 28.1 Å². The molecular weight excluding hydrogens is 296 g/mol. The molecule has 0 atom stereocenters. The topological polar surface area (TPSA) is 42.2 Å². The standard InChI is InChI=1S/C20H20N4/c1-3-14-8-7-9-15(4-2)19(14)23-20-18-12-21-13-24(18)17-11-6-5-10-16(17)22-20/h5-13H,3-4H2,1-2H3,(H,22,23). The minimum atomic E-state index is 0.849. The molecular formula is C20H20N4. The fourth-order valence-electron chi connectivity index (χ4n) is 3.22. The maximum absolute atomic E-state index is 4.85. The summed E-state index contributed by atoms with van der Waals surface area (Å²) in [5.74, 6) is 0.849. The average Bonchev–Trinajstić information content (AvgIpc) is 3.12. The third-order valence-corrected chi connectivity index (χ3v) is 4.50. The number of rotatable bonds is 4. The largest absolute Gasteiger partial charge is 0.338 e. The number of fused-ring (bicyclic) bond motifs is 3. The Bertz CT molecular complexity index is 994. The quantitative estimate of drug-likeness (QED) is 0.591. The molecule has 0 fully saturated rings. The van der Waals surface area contributed by atoms with Gasteiger partial charge in [0.15, 0.2) is 5.82 Å². The molecule has 0 radical (unpaired) electrons. The van der Waals surface area contributed by atoms with Crippen molar-refractivity contribution in [2.75, 3.05) is 5.32 Å². The Labute approximate surface area is 141 Å². The minimum Gasteiger partial charge on any atom is -0.338 e. The van der Waals surface area contributed by atoms with E-state index in [1.54, 1.807) is 0 Å². The van der Waals surface area contributed by atoms with Gasteiger partial charge in [-0.3, -0.25) is 4.40 Å². The van der Waals surface area contributed by atoms with Crippen molar-refractivity contribution in [3.63, 3.8) is 0 Å². The third kappa shape index (κ3) is 2.31. The molecule has 1 N–H and O–H groups in total. The Kier molecular flexibility index (Phi) is 3.65. The van der Waals surface area contributed by atoms with E-state index < -0.39 is 0 Å². The number of para-hydroxylation sites is 3. The summed E-state index contributed by atoms with van der Waals surface area (Å²) in [5, 5.41) is 3.59. The molecule has 24 heavy (non-hydrogen) atoms. The Hall–Kier alpha value is -2.88. The van der Waals surface area contributed by atoms with E-state index in [-0.39, 0.29) is 0 Å². The van der Waals surface area contributed by atoms with Gasteiger partial charge in [-0.15, -0.1) is 0 Å². The lowest BCUT2D eigenvalue weighted by Gasteiger charge is -2.16. The van der Waals surface area contributed by atoms with Gasteiger partial charge in [0.25, 0.3) is 0 Å². The number of anilines is 2. The summed E-state index contributed by atoms with van der Waals surface area (Å²) in [4.78, 5) is 9.17. The van der Waals surface area contributed by atoms with Crippen LogP contribution < -0.4 is 5.32 Å². The third-order valence-electron chi connectivity index (χ3n) is 4.50. The number of hydrogen-bond donors (Lipinski definition) is 1. The number of aryl methyl sites for hydroxylation is 2. The van der Waals surface area contributed by atoms with Gasteiger partial charge in [-0.05, 0) is 36.1 Å². The van der Waals surface area contributed by atoms with Crippen LogP contribution in [0.5, 0.6) is 0 Å². The highest BCUT2D eigenvalue weighted by atomic mass is 15.1. The SMILES string of the molecule is CCc1cccc(CC)c1Nc1nc2ccccc2n2cncc12. The highest BCUT2D eigenvalue weighted by Gasteiger charge is 2.12. The molecule has 0 aliphatic rings. The zero-order valence-electron chi connectivity index (χ0n) is 14.0. The molecule has 120 valence electrons. The lowest BCUT2D eigenvalue weighted by atomic mass is 10.0. The fourth-order valence-corrected chi connectivity index (χ4v) is 3.22. The predicted molar refractivity (Wildman–Crippen MR) is 99.0 cm³/mol. The molecule has 0 amide bonds. The van der Waals surface area contributed by atoms with E-state index in [4.69, 9.17) is 4.98 Å². The molecule has 4 aromatic rings. The molecule has 0 saturated carbocycles. The van der Waals surface area contributed by atoms with Crippen molar-refractivity contribution in [1.82, 2.24) is 14.4 Å². The van der Waals surface area contributed by atoms with E-state index in [1.807, 2.05) is 30.7 Å². The normalized spacial score (nSPS) is 11.2. The Morgan fingerprint density at radius 2 is 1.67 bits per heavy atom. The number of nitrogens with one attached hydrogen (secondary N) is 1. The molecule has 0 aliphatic carbocycles. The molecule has 0 aliphatic heterocycles. The van der Waals surface area contributed by atoms with E-state index >= 15 is 0 Å². The average molecular weight is 316 g/mol. The van der Waals surface area contributed by atoms with Crippen LogP contribution in [0.2, 0.25) is 0 Å². The summed E-state index contributed by atoms with van der Waals surface area (Å²) in [7, 11) is 0. The van der Waals surface area contributed by atoms with Gasteiger partial charge >= 0.3 is 0 Å². The lowest BCUT2D eigenvalue weighted by molar-refractivity contribution is 1.08. The smallest absolute Gasteiger partial charge is 0.157 e. The maximum atomic E-state index is 4.85. The summed E-state index contributed by atoms with van der Waals surface area (Å²) in [6.07, 6.45) is 5.68. The number of imidazole rings is 1. The van der Waals surface area contributed by atoms with Gasteiger partial charge in [0.2, 0.25) is 0 Å². The van der Waals surface area contributed by atoms with E-state index in [9.17, 15) is 0 Å². The summed E-state index contributed by atoms with van der Waals surface area (Å²) < 4.78 is 2.09. The molecule has 0 unspecified atom stereocenters. The first-order valence-electron chi connectivity index (χ1n) is 8.40. The van der Waals surface area contributed by atoms with Crippen LogP contribution in [0.3, 0.4) is 0 Å². The molecule has 4 nitrogen and oxygen atoms in total. The number of hydrogen-bond acceptors (Lipinski definition) is 3. The Morgan fingerprint density at radius 1 is 0.917 bits per heavy atom. The molecule has 2 aromatic heterocycles. The van der Waals surface area contributed by atoms with Crippen molar-refractivity contribution in [2.45, 2.75) is 26.7 Å². The van der Waals surface area contributed by atoms with Crippen LogP contribution in [0, 0.1) is 0 Å². The summed E-state index contributed by atoms with van der Waals surface area (Å²) in [6.45, 7) is 4.37. The number of aromatic nitrogens is 3. The molecule has 0 spiro atoms. The highest BCUT2D eigenvalue weighted by molar-refractivity contribution is 5.86. The van der Waals surface area contributed by atoms with Crippen LogP contribution >= 0.6 is 0 Å². The second-order valence-corrected chi connectivity index (χ2v) is 5.88. The molecule has 0 saturated heterocycles. The van der Waals surface area contributed by atoms with E-state index in [0.29, 0.717) is 0 Å². The first kappa shape index (κ1) is 14.7. The van der Waals surface area contributed by atoms with Crippen molar-refractivity contribution in [1.29, 1.82) is 0 Å². The van der Waals surface area contributed by atoms with Crippen molar-refractivity contribution in [2.24, 2.45) is 0 Å². The van der Waals surface area contributed by atoms with Crippen LogP contribution in [-0.2, 0) is 12.8 Å². The van der Waals surface area contributed by atoms with Gasteiger partial charge in [0.1, 0.15) is 5.52 Å². The van der Waals surface area contributed by atoms with Crippen LogP contribution in [-0.4, -0.2) is 14.4 Å². The van der Waals surface area contributed by atoms with Crippen LogP contribution in [0.25, 0.3) is 16.6 Å². The molecule has 0 bridgehead atoms. The molecule has 4 heteroatoms. The zero-order chi connectivity index (χ0) is 16.5. The van der Waals surface area contributed by atoms with Gasteiger partial charge in [-0.1, -0.05) is 44.2 Å². The van der Waals surface area contributed by atoms with E-state index in [2.05, 4.69) is 52.8 Å². The van der Waals surface area contributed by atoms with Crippen LogP contribution in [0.1, 0.15) is 25.0 Å². The van der Waals surface area contributed by atoms with Gasteiger partial charge in [0.05, 0.1) is 23.6 Å². The predicted octanol–water partition coefficient (Wildman–Crippen LogP) is 4.75. The van der Waals surface area contributed by atoms with Crippen molar-refractivity contribution < 1.29 is 0 Å². The Morgan fingerprint density at radius 3 is 2.42 bits per heavy atom. The van der Waals surface area contributed by atoms with Gasteiger partial charge in [0, 0.05) is 5.69 Å². The monoisotopic (exact) mass is 316 g/mol. The van der Waals surface area contributed by atoms with Gasteiger partial charge < -0.3 is 5.32 Å². The van der Waals surface area contributed by atoms with Crippen molar-refractivity contribution in [3.8, 4) is 0 Å². The van der Waals surface area contributed by atoms with Crippen molar-refractivity contribution in [3.05, 3.63) is 66.1 Å². The summed E-state index contributed by atoms with van der Waals surface area (Å²) in [6, 6.07) is 14.6. The maximum Gasteiger partial charge on any atom is 0.157 e. The second-order valence-electron chi connectivity index (χ2n) is 5.88. The fraction of sp³-hybridized carbons (Fsp3) is 0.200. The highest BCUT2D eigenvalue weighted by Crippen LogP contribution is 2.29. The van der Waals surface area contributed by atoms with E-state index in [1.165, 1.54) is 16.8 Å². The summed E-state index contributed by atoms with van der Waals surface area (Å²) in [5.41, 5.74) is 6.80. The van der Waals surface area contributed by atoms with Gasteiger partial charge in [-0.25, -0.2) is 9.97 Å². The number of nitrogens with zero attached hydrogens (tertiary/aromatic N) is 3. The van der Waals surface area contributed by atoms with Crippen LogP contribution in [0.4, 0.5) is 11.5 Å². The first-order valence-corrected chi connectivity index (χ1v) is 8.40. The Balaban J connectivity index is 1.93. The lowest BCUT2D eigenvalue weighted by Crippen LogP contribution is -2.04. The first-order chi connectivity index (χ1) is 11.8. The molecule has 2 heterocycles. The van der Waals surface area contributed by atoms with Crippen LogP contribution in [0.15, 0.2) is 55.0 Å². The summed E-state index contributed by atoms with van der Waals surface area (Å²) >= 11 is 0. The van der Waals surface area contributed by atoms with Gasteiger partial charge in [-0.2, -0.15) is 0 Å².